The summed E-state index contributed by atoms with van der Waals surface area (Å²) >= 11 is 0. The number of hydrogen-bond acceptors (Lipinski definition) is 4. The summed E-state index contributed by atoms with van der Waals surface area (Å²) in [5.41, 5.74) is 0.572. The zero-order chi connectivity index (χ0) is 17.2. The average molecular weight is 334 g/mol. The first-order valence-corrected chi connectivity index (χ1v) is 9.24. The highest BCUT2D eigenvalue weighted by molar-refractivity contribution is 5.92. The van der Waals surface area contributed by atoms with E-state index >= 15 is 0 Å². The number of rotatable bonds is 6. The van der Waals surface area contributed by atoms with Crippen LogP contribution >= 0.6 is 0 Å². The predicted molar refractivity (Wildman–Crippen MR) is 93.1 cm³/mol. The van der Waals surface area contributed by atoms with Gasteiger partial charge in [0.2, 0.25) is 0 Å². The minimum Gasteiger partial charge on any atom is -0.381 e. The van der Waals surface area contributed by atoms with Crippen molar-refractivity contribution in [2.45, 2.75) is 64.1 Å². The lowest BCUT2D eigenvalue weighted by molar-refractivity contribution is -0.120. The molecule has 1 aliphatic heterocycles. The van der Waals surface area contributed by atoms with Gasteiger partial charge >= 0.3 is 0 Å². The van der Waals surface area contributed by atoms with Crippen LogP contribution in [0.25, 0.3) is 0 Å². The van der Waals surface area contributed by atoms with Crippen molar-refractivity contribution >= 4 is 5.91 Å². The standard InChI is InChI=1S/C18H30N4O2/c1-4-18(5-2)15(11-16(18)24-3)20-17(23)14-8-10-22(21-14)13-7-6-9-19-12-13/h8,10,13,15-16,19H,4-7,9,11-12H2,1-3H3,(H,20,23). The Balaban J connectivity index is 1.64. The van der Waals surface area contributed by atoms with E-state index in [0.29, 0.717) is 11.7 Å². The van der Waals surface area contributed by atoms with Crippen molar-refractivity contribution in [3.8, 4) is 0 Å². The largest absolute Gasteiger partial charge is 0.381 e. The Kier molecular flexibility index (Phi) is 5.25. The lowest BCUT2D eigenvalue weighted by Crippen LogP contribution is -2.64. The third-order valence-corrected chi connectivity index (χ3v) is 6.18. The fourth-order valence-electron chi connectivity index (χ4n) is 4.43. The van der Waals surface area contributed by atoms with Gasteiger partial charge < -0.3 is 15.4 Å². The lowest BCUT2D eigenvalue weighted by Gasteiger charge is -2.55. The molecule has 0 bridgehead atoms. The summed E-state index contributed by atoms with van der Waals surface area (Å²) in [4.78, 5) is 12.6. The van der Waals surface area contributed by atoms with Crippen molar-refractivity contribution in [1.29, 1.82) is 0 Å². The Hall–Kier alpha value is -1.40. The number of aromatic nitrogens is 2. The first-order valence-electron chi connectivity index (χ1n) is 9.24. The number of hydrogen-bond donors (Lipinski definition) is 2. The molecule has 1 aliphatic carbocycles. The first-order chi connectivity index (χ1) is 11.6. The minimum absolute atomic E-state index is 0.0558. The van der Waals surface area contributed by atoms with E-state index in [2.05, 4.69) is 29.6 Å². The molecule has 0 radical (unpaired) electrons. The highest BCUT2D eigenvalue weighted by atomic mass is 16.5. The number of carbonyl (C=O) groups is 1. The second-order valence-corrected chi connectivity index (χ2v) is 7.11. The Morgan fingerprint density at radius 2 is 2.29 bits per heavy atom. The summed E-state index contributed by atoms with van der Waals surface area (Å²) in [5.74, 6) is -0.0663. The van der Waals surface area contributed by atoms with Gasteiger partial charge in [-0.1, -0.05) is 13.8 Å². The quantitative estimate of drug-likeness (QED) is 0.836. The molecule has 2 heterocycles. The molecular weight excluding hydrogens is 304 g/mol. The molecule has 2 fully saturated rings. The maximum absolute atomic E-state index is 12.6. The topological polar surface area (TPSA) is 68.2 Å². The SMILES string of the molecule is CCC1(CC)C(NC(=O)c2ccn(C3CCCNC3)n2)CC1OC. The molecule has 1 aromatic heterocycles. The molecule has 1 saturated heterocycles. The number of nitrogens with zero attached hydrogens (tertiary/aromatic N) is 2. The van der Waals surface area contributed by atoms with Crippen molar-refractivity contribution in [2.24, 2.45) is 5.41 Å². The van der Waals surface area contributed by atoms with Crippen molar-refractivity contribution < 1.29 is 9.53 Å². The Morgan fingerprint density at radius 3 is 2.92 bits per heavy atom. The van der Waals surface area contributed by atoms with E-state index in [4.69, 9.17) is 4.74 Å². The number of carbonyl (C=O) groups excluding carboxylic acids is 1. The fraction of sp³-hybridized carbons (Fsp3) is 0.778. The van der Waals surface area contributed by atoms with Gasteiger partial charge in [0.05, 0.1) is 12.1 Å². The number of piperidine rings is 1. The summed E-state index contributed by atoms with van der Waals surface area (Å²) < 4.78 is 7.54. The summed E-state index contributed by atoms with van der Waals surface area (Å²) in [6, 6.07) is 2.36. The summed E-state index contributed by atoms with van der Waals surface area (Å²) in [7, 11) is 1.77. The van der Waals surface area contributed by atoms with Gasteiger partial charge in [-0.2, -0.15) is 5.10 Å². The van der Waals surface area contributed by atoms with Gasteiger partial charge in [0, 0.05) is 31.3 Å². The third-order valence-electron chi connectivity index (χ3n) is 6.18. The third kappa shape index (κ3) is 2.97. The molecule has 24 heavy (non-hydrogen) atoms. The van der Waals surface area contributed by atoms with Crippen molar-refractivity contribution in [3.05, 3.63) is 18.0 Å². The van der Waals surface area contributed by atoms with E-state index in [-0.39, 0.29) is 23.5 Å². The van der Waals surface area contributed by atoms with E-state index in [1.807, 2.05) is 16.9 Å². The van der Waals surface area contributed by atoms with E-state index in [9.17, 15) is 4.79 Å². The normalized spacial score (nSPS) is 29.0. The number of ether oxygens (including phenoxy) is 1. The molecule has 1 saturated carbocycles. The number of amides is 1. The van der Waals surface area contributed by atoms with Gasteiger partial charge in [0.25, 0.3) is 5.91 Å². The van der Waals surface area contributed by atoms with E-state index in [1.165, 1.54) is 0 Å². The van der Waals surface area contributed by atoms with Crippen LogP contribution in [0, 0.1) is 5.41 Å². The summed E-state index contributed by atoms with van der Waals surface area (Å²) in [5, 5.41) is 11.1. The maximum atomic E-state index is 12.6. The minimum atomic E-state index is -0.0663. The van der Waals surface area contributed by atoms with Crippen LogP contribution in [-0.4, -0.2) is 48.0 Å². The highest BCUT2D eigenvalue weighted by Gasteiger charge is 2.53. The van der Waals surface area contributed by atoms with Crippen molar-refractivity contribution in [1.82, 2.24) is 20.4 Å². The monoisotopic (exact) mass is 334 g/mol. The van der Waals surface area contributed by atoms with Crippen LogP contribution in [0.5, 0.6) is 0 Å². The van der Waals surface area contributed by atoms with Gasteiger partial charge in [0.15, 0.2) is 0 Å². The zero-order valence-corrected chi connectivity index (χ0v) is 15.0. The van der Waals surface area contributed by atoms with Crippen molar-refractivity contribution in [3.63, 3.8) is 0 Å². The van der Waals surface area contributed by atoms with Crippen LogP contribution in [0.15, 0.2) is 12.3 Å². The van der Waals surface area contributed by atoms with E-state index < -0.39 is 0 Å². The molecular formula is C18H30N4O2. The highest BCUT2D eigenvalue weighted by Crippen LogP contribution is 2.48. The van der Waals surface area contributed by atoms with Crippen molar-refractivity contribution in [2.75, 3.05) is 20.2 Å². The molecule has 3 rings (SSSR count). The van der Waals surface area contributed by atoms with Gasteiger partial charge in [-0.05, 0) is 44.7 Å². The molecule has 2 N–H and O–H groups in total. The average Bonchev–Trinajstić information content (AvgIpc) is 3.10. The Bertz CT molecular complexity index is 561. The van der Waals surface area contributed by atoms with Crippen LogP contribution in [0.2, 0.25) is 0 Å². The Morgan fingerprint density at radius 1 is 1.50 bits per heavy atom. The number of methoxy groups -OCH3 is 1. The predicted octanol–water partition coefficient (Wildman–Crippen LogP) is 2.13. The molecule has 6 nitrogen and oxygen atoms in total. The van der Waals surface area contributed by atoms with Gasteiger partial charge in [-0.3, -0.25) is 9.48 Å². The molecule has 3 unspecified atom stereocenters. The summed E-state index contributed by atoms with van der Waals surface area (Å²) in [6.45, 7) is 6.36. The lowest BCUT2D eigenvalue weighted by atomic mass is 9.58. The van der Waals surface area contributed by atoms with Gasteiger partial charge in [0.1, 0.15) is 5.69 Å². The number of nitrogens with one attached hydrogen (secondary N) is 2. The molecule has 0 spiro atoms. The second-order valence-electron chi connectivity index (χ2n) is 7.11. The molecule has 134 valence electrons. The van der Waals surface area contributed by atoms with E-state index in [0.717, 1.165) is 45.2 Å². The molecule has 0 aromatic carbocycles. The van der Waals surface area contributed by atoms with Crippen LogP contribution in [0.4, 0.5) is 0 Å². The van der Waals surface area contributed by atoms with Crippen LogP contribution in [0.1, 0.15) is 62.5 Å². The van der Waals surface area contributed by atoms with Crippen LogP contribution < -0.4 is 10.6 Å². The van der Waals surface area contributed by atoms with Crippen LogP contribution in [0.3, 0.4) is 0 Å². The molecule has 1 amide bonds. The molecule has 2 aliphatic rings. The molecule has 1 aromatic rings. The zero-order valence-electron chi connectivity index (χ0n) is 15.0. The van der Waals surface area contributed by atoms with Gasteiger partial charge in [-0.15, -0.1) is 0 Å². The summed E-state index contributed by atoms with van der Waals surface area (Å²) in [6.07, 6.45) is 7.34. The Labute approximate surface area is 144 Å². The smallest absolute Gasteiger partial charge is 0.272 e. The van der Waals surface area contributed by atoms with Crippen LogP contribution in [-0.2, 0) is 4.74 Å². The van der Waals surface area contributed by atoms with Gasteiger partial charge in [-0.25, -0.2) is 0 Å². The molecule has 3 atom stereocenters. The maximum Gasteiger partial charge on any atom is 0.272 e. The second kappa shape index (κ2) is 7.23. The molecule has 6 heteroatoms. The van der Waals surface area contributed by atoms with E-state index in [1.54, 1.807) is 7.11 Å². The first kappa shape index (κ1) is 17.4. The fourth-order valence-corrected chi connectivity index (χ4v) is 4.43.